The predicted octanol–water partition coefficient (Wildman–Crippen LogP) is 6.58. The Morgan fingerprint density at radius 2 is 1.90 bits per heavy atom. The molecular formula is C23H22F3NO2S. The Hall–Kier alpha value is -2.41. The van der Waals surface area contributed by atoms with Crippen molar-refractivity contribution in [1.82, 2.24) is 4.98 Å². The van der Waals surface area contributed by atoms with Crippen LogP contribution in [0.15, 0.2) is 24.3 Å². The van der Waals surface area contributed by atoms with Crippen molar-refractivity contribution in [3.05, 3.63) is 51.5 Å². The molecule has 0 spiro atoms. The van der Waals surface area contributed by atoms with Crippen molar-refractivity contribution < 1.29 is 23.1 Å². The number of aromatic nitrogens is 1. The molecule has 3 aromatic rings. The van der Waals surface area contributed by atoms with E-state index in [0.29, 0.717) is 19.3 Å². The number of nitrogens with zero attached hydrogens (tertiary/aromatic N) is 1. The van der Waals surface area contributed by atoms with E-state index in [-0.39, 0.29) is 6.42 Å². The topological polar surface area (TPSA) is 50.2 Å². The fraction of sp³-hybridized carbons (Fsp3) is 0.391. The standard InChI is InChI=1S/C23H22F3NO2S/c1-13-16(5-2-3-8-19(28)29)20(14-9-11-15(12-10-14)23(24,25)26)21-17-6-4-7-18(17)30-22(21)27-13/h9-12H,2-8H2,1H3,(H,28,29). The zero-order valence-corrected chi connectivity index (χ0v) is 17.4. The predicted molar refractivity (Wildman–Crippen MR) is 112 cm³/mol. The van der Waals surface area contributed by atoms with Gasteiger partial charge in [-0.1, -0.05) is 12.1 Å². The molecule has 1 aromatic carbocycles. The summed E-state index contributed by atoms with van der Waals surface area (Å²) in [5.74, 6) is -0.820. The minimum atomic E-state index is -4.37. The number of aliphatic carboxylic acids is 1. The number of carbonyl (C=O) groups is 1. The summed E-state index contributed by atoms with van der Waals surface area (Å²) in [6.07, 6.45) is 0.723. The molecule has 0 fully saturated rings. The number of aryl methyl sites for hydroxylation is 3. The maximum absolute atomic E-state index is 13.1. The number of rotatable bonds is 6. The van der Waals surface area contributed by atoms with Crippen LogP contribution in [0.3, 0.4) is 0 Å². The average molecular weight is 433 g/mol. The lowest BCUT2D eigenvalue weighted by Crippen LogP contribution is -2.05. The molecule has 2 aromatic heterocycles. The first-order valence-corrected chi connectivity index (χ1v) is 10.9. The Bertz CT molecular complexity index is 1100. The van der Waals surface area contributed by atoms with Gasteiger partial charge in [0.15, 0.2) is 0 Å². The summed E-state index contributed by atoms with van der Waals surface area (Å²) >= 11 is 1.69. The average Bonchev–Trinajstić information content (AvgIpc) is 3.25. The highest BCUT2D eigenvalue weighted by molar-refractivity contribution is 7.19. The van der Waals surface area contributed by atoms with Crippen LogP contribution in [0.2, 0.25) is 0 Å². The normalized spacial score (nSPS) is 13.7. The van der Waals surface area contributed by atoms with Crippen LogP contribution in [0, 0.1) is 6.92 Å². The number of thiophene rings is 1. The van der Waals surface area contributed by atoms with E-state index in [4.69, 9.17) is 10.1 Å². The van der Waals surface area contributed by atoms with Crippen molar-refractivity contribution >= 4 is 27.5 Å². The molecule has 0 bridgehead atoms. The maximum atomic E-state index is 13.1. The van der Waals surface area contributed by atoms with Crippen LogP contribution in [0.25, 0.3) is 21.3 Å². The van der Waals surface area contributed by atoms with Crippen LogP contribution in [0.5, 0.6) is 0 Å². The van der Waals surface area contributed by atoms with E-state index in [1.807, 2.05) is 6.92 Å². The molecule has 158 valence electrons. The zero-order chi connectivity index (χ0) is 21.5. The van der Waals surface area contributed by atoms with E-state index in [2.05, 4.69) is 0 Å². The summed E-state index contributed by atoms with van der Waals surface area (Å²) in [5.41, 5.74) is 4.24. The number of unbranched alkanes of at least 4 members (excludes halogenated alkanes) is 1. The van der Waals surface area contributed by atoms with Gasteiger partial charge in [-0.15, -0.1) is 11.3 Å². The highest BCUT2D eigenvalue weighted by Gasteiger charge is 2.30. The van der Waals surface area contributed by atoms with Crippen molar-refractivity contribution in [1.29, 1.82) is 0 Å². The number of alkyl halides is 3. The summed E-state index contributed by atoms with van der Waals surface area (Å²) in [6.45, 7) is 1.93. The first-order chi connectivity index (χ1) is 14.3. The number of carboxylic acids is 1. The highest BCUT2D eigenvalue weighted by Crippen LogP contribution is 2.44. The van der Waals surface area contributed by atoms with Gasteiger partial charge < -0.3 is 5.11 Å². The Kier molecular flexibility index (Phi) is 5.57. The number of carboxylic acid groups (broad SMARTS) is 1. The highest BCUT2D eigenvalue weighted by atomic mass is 32.1. The fourth-order valence-electron chi connectivity index (χ4n) is 4.31. The quantitative estimate of drug-likeness (QED) is 0.447. The Balaban J connectivity index is 1.83. The SMILES string of the molecule is Cc1nc2sc3c(c2c(-c2ccc(C(F)(F)F)cc2)c1CCCCC(=O)O)CCC3. The third-order valence-corrected chi connectivity index (χ3v) is 6.91. The Morgan fingerprint density at radius 3 is 2.57 bits per heavy atom. The minimum absolute atomic E-state index is 0.109. The summed E-state index contributed by atoms with van der Waals surface area (Å²) in [5, 5.41) is 9.98. The fourth-order valence-corrected chi connectivity index (χ4v) is 5.62. The van der Waals surface area contributed by atoms with Crippen molar-refractivity contribution in [3.8, 4) is 11.1 Å². The molecule has 1 N–H and O–H groups in total. The second kappa shape index (κ2) is 8.02. The number of pyridine rings is 1. The number of halogens is 3. The molecule has 30 heavy (non-hydrogen) atoms. The molecule has 2 heterocycles. The third-order valence-electron chi connectivity index (χ3n) is 5.73. The summed E-state index contributed by atoms with van der Waals surface area (Å²) in [6, 6.07) is 5.38. The molecule has 0 radical (unpaired) electrons. The van der Waals surface area contributed by atoms with Crippen molar-refractivity contribution in [3.63, 3.8) is 0 Å². The van der Waals surface area contributed by atoms with Gasteiger partial charge >= 0.3 is 12.1 Å². The van der Waals surface area contributed by atoms with Crippen LogP contribution in [0.1, 0.15) is 52.9 Å². The van der Waals surface area contributed by atoms with Gasteiger partial charge in [0.1, 0.15) is 4.83 Å². The Morgan fingerprint density at radius 1 is 1.17 bits per heavy atom. The third kappa shape index (κ3) is 3.95. The van der Waals surface area contributed by atoms with Gasteiger partial charge in [0.2, 0.25) is 0 Å². The number of hydrogen-bond donors (Lipinski definition) is 1. The van der Waals surface area contributed by atoms with Crippen LogP contribution in [-0.4, -0.2) is 16.1 Å². The molecule has 0 unspecified atom stereocenters. The van der Waals surface area contributed by atoms with E-state index in [1.54, 1.807) is 23.5 Å². The molecule has 3 nitrogen and oxygen atoms in total. The van der Waals surface area contributed by atoms with Crippen LogP contribution in [-0.2, 0) is 30.2 Å². The van der Waals surface area contributed by atoms with Gasteiger partial charge in [-0.3, -0.25) is 4.79 Å². The second-order valence-electron chi connectivity index (χ2n) is 7.76. The number of benzene rings is 1. The van der Waals surface area contributed by atoms with Gasteiger partial charge in [-0.2, -0.15) is 13.2 Å². The van der Waals surface area contributed by atoms with Gasteiger partial charge in [-0.05, 0) is 79.8 Å². The van der Waals surface area contributed by atoms with Crippen molar-refractivity contribution in [2.45, 2.75) is 58.0 Å². The van der Waals surface area contributed by atoms with E-state index in [1.165, 1.54) is 10.4 Å². The molecule has 0 saturated heterocycles. The van der Waals surface area contributed by atoms with Gasteiger partial charge in [0.25, 0.3) is 0 Å². The van der Waals surface area contributed by atoms with Crippen LogP contribution < -0.4 is 0 Å². The van der Waals surface area contributed by atoms with Crippen molar-refractivity contribution in [2.24, 2.45) is 0 Å². The molecule has 0 saturated carbocycles. The molecule has 4 rings (SSSR count). The molecule has 0 amide bonds. The molecule has 7 heteroatoms. The number of fused-ring (bicyclic) bond motifs is 3. The lowest BCUT2D eigenvalue weighted by Gasteiger charge is -2.16. The van der Waals surface area contributed by atoms with E-state index in [0.717, 1.165) is 64.0 Å². The molecule has 1 aliphatic carbocycles. The van der Waals surface area contributed by atoms with E-state index in [9.17, 15) is 18.0 Å². The van der Waals surface area contributed by atoms with Crippen molar-refractivity contribution in [2.75, 3.05) is 0 Å². The lowest BCUT2D eigenvalue weighted by atomic mass is 9.90. The molecule has 0 aliphatic heterocycles. The minimum Gasteiger partial charge on any atom is -0.481 e. The first-order valence-electron chi connectivity index (χ1n) is 10.1. The lowest BCUT2D eigenvalue weighted by molar-refractivity contribution is -0.138. The summed E-state index contributed by atoms with van der Waals surface area (Å²) in [4.78, 5) is 17.9. The molecule has 0 atom stereocenters. The first kappa shape index (κ1) is 20.8. The van der Waals surface area contributed by atoms with Crippen LogP contribution >= 0.6 is 11.3 Å². The van der Waals surface area contributed by atoms with Crippen LogP contribution in [0.4, 0.5) is 13.2 Å². The largest absolute Gasteiger partial charge is 0.481 e. The van der Waals surface area contributed by atoms with Gasteiger partial charge in [-0.25, -0.2) is 4.98 Å². The van der Waals surface area contributed by atoms with E-state index < -0.39 is 17.7 Å². The van der Waals surface area contributed by atoms with Gasteiger partial charge in [0, 0.05) is 22.4 Å². The monoisotopic (exact) mass is 433 g/mol. The Labute approximate surface area is 176 Å². The van der Waals surface area contributed by atoms with Gasteiger partial charge in [0.05, 0.1) is 5.56 Å². The summed E-state index contributed by atoms with van der Waals surface area (Å²) < 4.78 is 39.2. The molecule has 1 aliphatic rings. The summed E-state index contributed by atoms with van der Waals surface area (Å²) in [7, 11) is 0. The molecular weight excluding hydrogens is 411 g/mol. The zero-order valence-electron chi connectivity index (χ0n) is 16.6. The smallest absolute Gasteiger partial charge is 0.416 e. The second-order valence-corrected chi connectivity index (χ2v) is 8.85. The maximum Gasteiger partial charge on any atom is 0.416 e. The number of hydrogen-bond acceptors (Lipinski definition) is 3. The van der Waals surface area contributed by atoms with E-state index >= 15 is 0 Å².